The molecule has 7 heteroatoms. The van der Waals surface area contributed by atoms with Crippen LogP contribution in [0.15, 0.2) is 46.3 Å². The van der Waals surface area contributed by atoms with E-state index in [1.165, 1.54) is 5.56 Å². The molecule has 0 atom stereocenters. The number of thiazole rings is 1. The predicted octanol–water partition coefficient (Wildman–Crippen LogP) is 6.52. The van der Waals surface area contributed by atoms with Crippen molar-refractivity contribution in [1.82, 2.24) is 4.98 Å². The van der Waals surface area contributed by atoms with E-state index in [1.807, 2.05) is 30.5 Å². The number of anilines is 1. The average molecular weight is 503 g/mol. The van der Waals surface area contributed by atoms with Crippen molar-refractivity contribution < 1.29 is 14.3 Å². The number of hydrogen-bond donors (Lipinski definition) is 1. The van der Waals surface area contributed by atoms with Crippen LogP contribution in [0.25, 0.3) is 11.3 Å². The molecule has 5 nitrogen and oxygen atoms in total. The molecule has 0 spiro atoms. The number of aromatic nitrogens is 1. The fourth-order valence-corrected chi connectivity index (χ4v) is 4.30. The lowest BCUT2D eigenvalue weighted by Gasteiger charge is -2.13. The van der Waals surface area contributed by atoms with Gasteiger partial charge in [0.25, 0.3) is 0 Å². The molecule has 1 N–H and O–H groups in total. The Morgan fingerprint density at radius 1 is 1.19 bits per heavy atom. The van der Waals surface area contributed by atoms with E-state index < -0.39 is 0 Å². The van der Waals surface area contributed by atoms with Gasteiger partial charge in [0.05, 0.1) is 12.3 Å². The molecule has 0 fully saturated rings. The van der Waals surface area contributed by atoms with Crippen molar-refractivity contribution >= 4 is 38.4 Å². The number of carbonyl (C=O) groups is 1. The van der Waals surface area contributed by atoms with Crippen molar-refractivity contribution in [2.45, 2.75) is 40.2 Å². The standard InChI is InChI=1S/C24H27BrN2O3S/c1-4-29-23(28)6-5-11-26-24-27-21(15-31-24)20-12-16(2)7-10-22(20)30-14-18-8-9-19(25)13-17(18)3/h7-10,12-13,15H,4-6,11,14H2,1-3H3,(H,26,27). The first-order valence-electron chi connectivity index (χ1n) is 10.3. The quantitative estimate of drug-likeness (QED) is 0.252. The number of halogens is 1. The highest BCUT2D eigenvalue weighted by Crippen LogP contribution is 2.34. The van der Waals surface area contributed by atoms with Crippen LogP contribution in [-0.2, 0) is 16.1 Å². The first-order valence-corrected chi connectivity index (χ1v) is 12.0. The van der Waals surface area contributed by atoms with Gasteiger partial charge in [-0.2, -0.15) is 0 Å². The highest BCUT2D eigenvalue weighted by molar-refractivity contribution is 9.10. The number of benzene rings is 2. The fraction of sp³-hybridized carbons (Fsp3) is 0.333. The number of esters is 1. The summed E-state index contributed by atoms with van der Waals surface area (Å²) < 4.78 is 12.2. The van der Waals surface area contributed by atoms with E-state index >= 15 is 0 Å². The van der Waals surface area contributed by atoms with Crippen molar-refractivity contribution in [2.75, 3.05) is 18.5 Å². The van der Waals surface area contributed by atoms with Gasteiger partial charge < -0.3 is 14.8 Å². The largest absolute Gasteiger partial charge is 0.488 e. The Bertz CT molecular complexity index is 1040. The van der Waals surface area contributed by atoms with Gasteiger partial charge in [-0.05, 0) is 62.6 Å². The van der Waals surface area contributed by atoms with Crippen LogP contribution in [0, 0.1) is 13.8 Å². The summed E-state index contributed by atoms with van der Waals surface area (Å²) in [6, 6.07) is 12.4. The van der Waals surface area contributed by atoms with E-state index in [0.717, 1.165) is 37.7 Å². The molecule has 0 bridgehead atoms. The Kier molecular flexibility index (Phi) is 8.49. The maximum Gasteiger partial charge on any atom is 0.305 e. The summed E-state index contributed by atoms with van der Waals surface area (Å²) in [5.41, 5.74) is 5.34. The molecule has 0 saturated heterocycles. The highest BCUT2D eigenvalue weighted by atomic mass is 79.9. The van der Waals surface area contributed by atoms with Gasteiger partial charge in [-0.15, -0.1) is 11.3 Å². The molecular weight excluding hydrogens is 476 g/mol. The maximum absolute atomic E-state index is 11.4. The monoisotopic (exact) mass is 502 g/mol. The van der Waals surface area contributed by atoms with E-state index in [2.05, 4.69) is 53.3 Å². The zero-order chi connectivity index (χ0) is 22.2. The molecule has 0 aliphatic carbocycles. The Morgan fingerprint density at radius 3 is 2.81 bits per heavy atom. The van der Waals surface area contributed by atoms with Crippen molar-refractivity contribution in [2.24, 2.45) is 0 Å². The van der Waals surface area contributed by atoms with Gasteiger partial charge in [0.2, 0.25) is 0 Å². The summed E-state index contributed by atoms with van der Waals surface area (Å²) in [6.45, 7) is 7.55. The summed E-state index contributed by atoms with van der Waals surface area (Å²) >= 11 is 5.05. The smallest absolute Gasteiger partial charge is 0.305 e. The molecule has 1 aromatic heterocycles. The normalized spacial score (nSPS) is 10.7. The van der Waals surface area contributed by atoms with E-state index in [-0.39, 0.29) is 5.97 Å². The van der Waals surface area contributed by atoms with Crippen molar-refractivity contribution in [3.8, 4) is 17.0 Å². The third-order valence-electron chi connectivity index (χ3n) is 4.74. The van der Waals surface area contributed by atoms with Gasteiger partial charge in [0, 0.05) is 28.4 Å². The molecule has 0 radical (unpaired) electrons. The van der Waals surface area contributed by atoms with E-state index in [4.69, 9.17) is 14.5 Å². The van der Waals surface area contributed by atoms with Gasteiger partial charge >= 0.3 is 5.97 Å². The number of hydrogen-bond acceptors (Lipinski definition) is 6. The number of rotatable bonds is 10. The lowest BCUT2D eigenvalue weighted by molar-refractivity contribution is -0.143. The van der Waals surface area contributed by atoms with Crippen molar-refractivity contribution in [3.63, 3.8) is 0 Å². The number of aryl methyl sites for hydroxylation is 2. The average Bonchev–Trinajstić information content (AvgIpc) is 3.20. The second-order valence-electron chi connectivity index (χ2n) is 7.23. The predicted molar refractivity (Wildman–Crippen MR) is 130 cm³/mol. The molecule has 0 saturated carbocycles. The number of ether oxygens (including phenoxy) is 2. The van der Waals surface area contributed by atoms with Crippen molar-refractivity contribution in [1.29, 1.82) is 0 Å². The van der Waals surface area contributed by atoms with E-state index in [0.29, 0.717) is 32.6 Å². The third-order valence-corrected chi connectivity index (χ3v) is 6.04. The first kappa shape index (κ1) is 23.3. The minimum absolute atomic E-state index is 0.160. The Balaban J connectivity index is 1.65. The molecule has 3 rings (SSSR count). The second-order valence-corrected chi connectivity index (χ2v) is 9.01. The molecule has 2 aromatic carbocycles. The van der Waals surface area contributed by atoms with Crippen LogP contribution < -0.4 is 10.1 Å². The molecule has 31 heavy (non-hydrogen) atoms. The topological polar surface area (TPSA) is 60.5 Å². The molecule has 0 unspecified atom stereocenters. The lowest BCUT2D eigenvalue weighted by Crippen LogP contribution is -2.08. The fourth-order valence-electron chi connectivity index (χ4n) is 3.09. The van der Waals surface area contributed by atoms with Crippen LogP contribution in [0.3, 0.4) is 0 Å². The van der Waals surface area contributed by atoms with E-state index in [1.54, 1.807) is 11.3 Å². The van der Waals surface area contributed by atoms with Gasteiger partial charge in [0.15, 0.2) is 5.13 Å². The van der Waals surface area contributed by atoms with Crippen LogP contribution in [-0.4, -0.2) is 24.1 Å². The van der Waals surface area contributed by atoms with E-state index in [9.17, 15) is 4.79 Å². The summed E-state index contributed by atoms with van der Waals surface area (Å²) in [5, 5.41) is 6.15. The van der Waals surface area contributed by atoms with Gasteiger partial charge in [-0.3, -0.25) is 4.79 Å². The van der Waals surface area contributed by atoms with Gasteiger partial charge in [0.1, 0.15) is 12.4 Å². The summed E-state index contributed by atoms with van der Waals surface area (Å²) in [7, 11) is 0. The number of carbonyl (C=O) groups excluding carboxylic acids is 1. The zero-order valence-electron chi connectivity index (χ0n) is 18.0. The summed E-state index contributed by atoms with van der Waals surface area (Å²) in [4.78, 5) is 16.2. The Labute approximate surface area is 195 Å². The Hall–Kier alpha value is -2.38. The second kappa shape index (κ2) is 11.3. The van der Waals surface area contributed by atoms with Crippen LogP contribution >= 0.6 is 27.3 Å². The first-order chi connectivity index (χ1) is 15.0. The third kappa shape index (κ3) is 6.80. The van der Waals surface area contributed by atoms with Crippen LogP contribution in [0.1, 0.15) is 36.5 Å². The zero-order valence-corrected chi connectivity index (χ0v) is 20.4. The number of nitrogens with one attached hydrogen (secondary N) is 1. The maximum atomic E-state index is 11.4. The van der Waals surface area contributed by atoms with Gasteiger partial charge in [-0.25, -0.2) is 4.98 Å². The minimum Gasteiger partial charge on any atom is -0.488 e. The molecule has 0 aliphatic rings. The van der Waals surface area contributed by atoms with Crippen LogP contribution in [0.4, 0.5) is 5.13 Å². The van der Waals surface area contributed by atoms with Crippen LogP contribution in [0.2, 0.25) is 0 Å². The summed E-state index contributed by atoms with van der Waals surface area (Å²) in [5.74, 6) is 0.652. The molecule has 0 aliphatic heterocycles. The van der Waals surface area contributed by atoms with Crippen LogP contribution in [0.5, 0.6) is 5.75 Å². The molecular formula is C24H27BrN2O3S. The van der Waals surface area contributed by atoms with Crippen molar-refractivity contribution in [3.05, 3.63) is 62.9 Å². The SMILES string of the molecule is CCOC(=O)CCCNc1nc(-c2cc(C)ccc2OCc2ccc(Br)cc2C)cs1. The molecule has 164 valence electrons. The molecule has 3 aromatic rings. The molecule has 0 amide bonds. The minimum atomic E-state index is -0.160. The lowest BCUT2D eigenvalue weighted by atomic mass is 10.1. The van der Waals surface area contributed by atoms with Gasteiger partial charge in [-0.1, -0.05) is 33.6 Å². The Morgan fingerprint density at radius 2 is 2.03 bits per heavy atom. The highest BCUT2D eigenvalue weighted by Gasteiger charge is 2.12. The summed E-state index contributed by atoms with van der Waals surface area (Å²) in [6.07, 6.45) is 1.11. The number of nitrogens with zero attached hydrogens (tertiary/aromatic N) is 1. The molecule has 1 heterocycles.